The molecule has 2 aromatic rings. The van der Waals surface area contributed by atoms with Gasteiger partial charge in [-0.3, -0.25) is 0 Å². The molecule has 0 spiro atoms. The summed E-state index contributed by atoms with van der Waals surface area (Å²) < 4.78 is 0. The zero-order chi connectivity index (χ0) is 11.5. The van der Waals surface area contributed by atoms with Crippen molar-refractivity contribution in [2.24, 2.45) is 0 Å². The minimum atomic E-state index is 0.665. The molecular formula is C12H11N3S. The SMILES string of the molecule is Cc1csc(N(C)c2ccccc2C#N)n1. The summed E-state index contributed by atoms with van der Waals surface area (Å²) in [5.74, 6) is 0. The highest BCUT2D eigenvalue weighted by Gasteiger charge is 2.10. The van der Waals surface area contributed by atoms with Gasteiger partial charge in [-0.1, -0.05) is 12.1 Å². The molecule has 0 amide bonds. The van der Waals surface area contributed by atoms with Gasteiger partial charge >= 0.3 is 0 Å². The number of hydrogen-bond acceptors (Lipinski definition) is 4. The van der Waals surface area contributed by atoms with Crippen LogP contribution in [0.5, 0.6) is 0 Å². The van der Waals surface area contributed by atoms with Crippen molar-refractivity contribution in [1.29, 1.82) is 5.26 Å². The lowest BCUT2D eigenvalue weighted by molar-refractivity contribution is 1.14. The Balaban J connectivity index is 2.41. The number of para-hydroxylation sites is 1. The van der Waals surface area contributed by atoms with Crippen LogP contribution in [-0.2, 0) is 0 Å². The minimum absolute atomic E-state index is 0.665. The molecule has 80 valence electrons. The Bertz CT molecular complexity index is 539. The molecule has 0 aliphatic carbocycles. The number of nitrogens with zero attached hydrogens (tertiary/aromatic N) is 3. The van der Waals surface area contributed by atoms with Gasteiger partial charge in [0.05, 0.1) is 16.9 Å². The van der Waals surface area contributed by atoms with Crippen LogP contribution in [0.4, 0.5) is 10.8 Å². The predicted octanol–water partition coefficient (Wildman–Crippen LogP) is 3.09. The molecule has 0 bridgehead atoms. The smallest absolute Gasteiger partial charge is 0.189 e. The van der Waals surface area contributed by atoms with Gasteiger partial charge in [-0.05, 0) is 19.1 Å². The number of aryl methyl sites for hydroxylation is 1. The number of thiazole rings is 1. The number of anilines is 2. The first-order chi connectivity index (χ1) is 7.72. The zero-order valence-corrected chi connectivity index (χ0v) is 9.95. The van der Waals surface area contributed by atoms with E-state index in [9.17, 15) is 0 Å². The van der Waals surface area contributed by atoms with Gasteiger partial charge in [0.1, 0.15) is 6.07 Å². The Morgan fingerprint density at radius 3 is 2.75 bits per heavy atom. The highest BCUT2D eigenvalue weighted by molar-refractivity contribution is 7.13. The van der Waals surface area contributed by atoms with Crippen molar-refractivity contribution >= 4 is 22.2 Å². The quantitative estimate of drug-likeness (QED) is 0.794. The third-order valence-electron chi connectivity index (χ3n) is 2.28. The molecule has 0 radical (unpaired) electrons. The lowest BCUT2D eigenvalue weighted by Crippen LogP contribution is -2.10. The van der Waals surface area contributed by atoms with Gasteiger partial charge in [0.15, 0.2) is 5.13 Å². The van der Waals surface area contributed by atoms with E-state index >= 15 is 0 Å². The van der Waals surface area contributed by atoms with E-state index in [0.29, 0.717) is 5.56 Å². The molecule has 2 rings (SSSR count). The van der Waals surface area contributed by atoms with Crippen LogP contribution in [0.15, 0.2) is 29.6 Å². The molecule has 0 N–H and O–H groups in total. The van der Waals surface area contributed by atoms with Gasteiger partial charge in [-0.25, -0.2) is 4.98 Å². The van der Waals surface area contributed by atoms with E-state index in [1.807, 2.05) is 48.5 Å². The van der Waals surface area contributed by atoms with Gasteiger partial charge in [0, 0.05) is 12.4 Å². The summed E-state index contributed by atoms with van der Waals surface area (Å²) in [6.07, 6.45) is 0. The van der Waals surface area contributed by atoms with Crippen molar-refractivity contribution in [1.82, 2.24) is 4.98 Å². The summed E-state index contributed by atoms with van der Waals surface area (Å²) >= 11 is 1.58. The number of aromatic nitrogens is 1. The number of nitriles is 1. The second-order valence-corrected chi connectivity index (χ2v) is 4.30. The lowest BCUT2D eigenvalue weighted by Gasteiger charge is -2.16. The van der Waals surface area contributed by atoms with E-state index < -0.39 is 0 Å². The average molecular weight is 229 g/mol. The first-order valence-corrected chi connectivity index (χ1v) is 5.75. The largest absolute Gasteiger partial charge is 0.320 e. The number of benzene rings is 1. The normalized spacial score (nSPS) is 9.81. The highest BCUT2D eigenvalue weighted by Crippen LogP contribution is 2.28. The Morgan fingerprint density at radius 1 is 1.38 bits per heavy atom. The summed E-state index contributed by atoms with van der Waals surface area (Å²) in [7, 11) is 1.93. The summed E-state index contributed by atoms with van der Waals surface area (Å²) in [6, 6.07) is 9.71. The molecule has 0 saturated heterocycles. The molecule has 1 aromatic heterocycles. The van der Waals surface area contributed by atoms with Crippen LogP contribution in [0, 0.1) is 18.3 Å². The van der Waals surface area contributed by atoms with E-state index in [4.69, 9.17) is 5.26 Å². The molecular weight excluding hydrogens is 218 g/mol. The third kappa shape index (κ3) is 1.90. The van der Waals surface area contributed by atoms with E-state index in [2.05, 4.69) is 11.1 Å². The summed E-state index contributed by atoms with van der Waals surface area (Å²) in [4.78, 5) is 6.34. The number of rotatable bonds is 2. The van der Waals surface area contributed by atoms with Crippen molar-refractivity contribution in [3.63, 3.8) is 0 Å². The maximum atomic E-state index is 9.03. The summed E-state index contributed by atoms with van der Waals surface area (Å²) in [6.45, 7) is 1.96. The van der Waals surface area contributed by atoms with Crippen molar-refractivity contribution in [3.8, 4) is 6.07 Å². The van der Waals surface area contributed by atoms with Crippen molar-refractivity contribution in [3.05, 3.63) is 40.9 Å². The van der Waals surface area contributed by atoms with Gasteiger partial charge in [0.2, 0.25) is 0 Å². The second kappa shape index (κ2) is 4.33. The molecule has 16 heavy (non-hydrogen) atoms. The monoisotopic (exact) mass is 229 g/mol. The van der Waals surface area contributed by atoms with Crippen LogP contribution >= 0.6 is 11.3 Å². The summed E-state index contributed by atoms with van der Waals surface area (Å²) in [5, 5.41) is 11.9. The molecule has 1 heterocycles. The molecule has 0 unspecified atom stereocenters. The van der Waals surface area contributed by atoms with Crippen molar-refractivity contribution in [2.75, 3.05) is 11.9 Å². The standard InChI is InChI=1S/C12H11N3S/c1-9-8-16-12(14-9)15(2)11-6-4-3-5-10(11)7-13/h3-6,8H,1-2H3. The zero-order valence-electron chi connectivity index (χ0n) is 9.14. The van der Waals surface area contributed by atoms with Crippen LogP contribution in [0.2, 0.25) is 0 Å². The molecule has 0 fully saturated rings. The molecule has 0 aliphatic rings. The number of hydrogen-bond donors (Lipinski definition) is 0. The highest BCUT2D eigenvalue weighted by atomic mass is 32.1. The van der Waals surface area contributed by atoms with Crippen molar-refractivity contribution < 1.29 is 0 Å². The molecule has 3 nitrogen and oxygen atoms in total. The molecule has 4 heteroatoms. The van der Waals surface area contributed by atoms with E-state index in [-0.39, 0.29) is 0 Å². The first kappa shape index (κ1) is 10.7. The Hall–Kier alpha value is -1.86. The van der Waals surface area contributed by atoms with E-state index in [1.165, 1.54) is 0 Å². The van der Waals surface area contributed by atoms with Gasteiger partial charge in [0.25, 0.3) is 0 Å². The molecule has 0 atom stereocenters. The second-order valence-electron chi connectivity index (χ2n) is 3.46. The van der Waals surface area contributed by atoms with E-state index in [0.717, 1.165) is 16.5 Å². The maximum absolute atomic E-state index is 9.03. The van der Waals surface area contributed by atoms with Crippen molar-refractivity contribution in [2.45, 2.75) is 6.92 Å². The Labute approximate surface area is 98.6 Å². The van der Waals surface area contributed by atoms with Gasteiger partial charge < -0.3 is 4.90 Å². The van der Waals surface area contributed by atoms with Crippen LogP contribution in [0.3, 0.4) is 0 Å². The Kier molecular flexibility index (Phi) is 2.88. The topological polar surface area (TPSA) is 39.9 Å². The molecule has 0 aliphatic heterocycles. The summed E-state index contributed by atoms with van der Waals surface area (Å²) in [5.41, 5.74) is 2.55. The average Bonchev–Trinajstić information content (AvgIpc) is 2.75. The minimum Gasteiger partial charge on any atom is -0.320 e. The van der Waals surface area contributed by atoms with E-state index in [1.54, 1.807) is 11.3 Å². The third-order valence-corrected chi connectivity index (χ3v) is 3.31. The fourth-order valence-electron chi connectivity index (χ4n) is 1.46. The molecule has 1 aromatic carbocycles. The van der Waals surface area contributed by atoms with Gasteiger partial charge in [-0.2, -0.15) is 5.26 Å². The van der Waals surface area contributed by atoms with Crippen LogP contribution < -0.4 is 4.90 Å². The first-order valence-electron chi connectivity index (χ1n) is 4.87. The lowest BCUT2D eigenvalue weighted by atomic mass is 10.2. The van der Waals surface area contributed by atoms with Crippen LogP contribution in [-0.4, -0.2) is 12.0 Å². The Morgan fingerprint density at radius 2 is 2.12 bits per heavy atom. The molecule has 0 saturated carbocycles. The van der Waals surface area contributed by atoms with Gasteiger partial charge in [-0.15, -0.1) is 11.3 Å². The maximum Gasteiger partial charge on any atom is 0.189 e. The van der Waals surface area contributed by atoms with Crippen LogP contribution in [0.1, 0.15) is 11.3 Å². The van der Waals surface area contributed by atoms with Crippen LogP contribution in [0.25, 0.3) is 0 Å². The fourth-order valence-corrected chi connectivity index (χ4v) is 2.24. The fraction of sp³-hybridized carbons (Fsp3) is 0.167. The predicted molar refractivity (Wildman–Crippen MR) is 66.1 cm³/mol.